The van der Waals surface area contributed by atoms with Gasteiger partial charge in [-0.2, -0.15) is 0 Å². The zero-order valence-corrected chi connectivity index (χ0v) is 12.3. The minimum atomic E-state index is 0.169. The lowest BCUT2D eigenvalue weighted by Gasteiger charge is -2.17. The van der Waals surface area contributed by atoms with E-state index in [0.29, 0.717) is 11.7 Å². The molecule has 0 radical (unpaired) electrons. The molecular formula is C14H26N4O. The fraction of sp³-hybridized carbons (Fsp3) is 0.714. The molecule has 0 fully saturated rings. The van der Waals surface area contributed by atoms with Crippen molar-refractivity contribution in [3.05, 3.63) is 11.9 Å². The molecule has 0 bridgehead atoms. The SMILES string of the molecule is CCCCCCC(C)Oc1ncnc(NN)c1CC. The first kappa shape index (κ1) is 15.7. The molecule has 1 rings (SSSR count). The summed E-state index contributed by atoms with van der Waals surface area (Å²) in [5.74, 6) is 6.73. The summed E-state index contributed by atoms with van der Waals surface area (Å²) in [7, 11) is 0. The van der Waals surface area contributed by atoms with Gasteiger partial charge >= 0.3 is 0 Å². The molecule has 1 aromatic rings. The van der Waals surface area contributed by atoms with E-state index in [1.54, 1.807) is 0 Å². The van der Waals surface area contributed by atoms with Crippen molar-refractivity contribution in [2.75, 3.05) is 5.43 Å². The first-order chi connectivity index (χ1) is 9.22. The van der Waals surface area contributed by atoms with Crippen LogP contribution in [0.15, 0.2) is 6.33 Å². The number of nitrogen functional groups attached to an aromatic ring is 1. The number of ether oxygens (including phenoxy) is 1. The number of nitrogens with one attached hydrogen (secondary N) is 1. The zero-order chi connectivity index (χ0) is 14.1. The highest BCUT2D eigenvalue weighted by molar-refractivity contribution is 5.47. The Balaban J connectivity index is 2.56. The second-order valence-corrected chi connectivity index (χ2v) is 4.78. The lowest BCUT2D eigenvalue weighted by molar-refractivity contribution is 0.196. The topological polar surface area (TPSA) is 73.1 Å². The molecule has 1 aromatic heterocycles. The minimum Gasteiger partial charge on any atom is -0.474 e. The summed E-state index contributed by atoms with van der Waals surface area (Å²) in [5.41, 5.74) is 3.52. The fourth-order valence-electron chi connectivity index (χ4n) is 2.05. The van der Waals surface area contributed by atoms with Crippen LogP contribution < -0.4 is 16.0 Å². The molecule has 3 N–H and O–H groups in total. The molecule has 0 amide bonds. The lowest BCUT2D eigenvalue weighted by atomic mass is 10.1. The van der Waals surface area contributed by atoms with Gasteiger partial charge in [0.25, 0.3) is 0 Å². The molecule has 1 unspecified atom stereocenters. The molecule has 5 heteroatoms. The molecule has 0 spiro atoms. The zero-order valence-electron chi connectivity index (χ0n) is 12.3. The third-order valence-corrected chi connectivity index (χ3v) is 3.17. The van der Waals surface area contributed by atoms with Crippen molar-refractivity contribution in [2.24, 2.45) is 5.84 Å². The summed E-state index contributed by atoms with van der Waals surface area (Å²) >= 11 is 0. The van der Waals surface area contributed by atoms with E-state index in [0.717, 1.165) is 18.4 Å². The molecule has 0 aromatic carbocycles. The number of unbranched alkanes of at least 4 members (excludes halogenated alkanes) is 3. The molecule has 0 aliphatic heterocycles. The maximum absolute atomic E-state index is 5.91. The summed E-state index contributed by atoms with van der Waals surface area (Å²) in [6.07, 6.45) is 8.51. The second kappa shape index (κ2) is 8.69. The van der Waals surface area contributed by atoms with Gasteiger partial charge in [-0.25, -0.2) is 15.8 Å². The van der Waals surface area contributed by atoms with Gasteiger partial charge in [0.15, 0.2) is 0 Å². The van der Waals surface area contributed by atoms with E-state index in [9.17, 15) is 0 Å². The average Bonchev–Trinajstić information content (AvgIpc) is 2.43. The fourth-order valence-corrected chi connectivity index (χ4v) is 2.05. The second-order valence-electron chi connectivity index (χ2n) is 4.78. The van der Waals surface area contributed by atoms with Crippen LogP contribution in [0.3, 0.4) is 0 Å². The first-order valence-corrected chi connectivity index (χ1v) is 7.20. The minimum absolute atomic E-state index is 0.169. The Hall–Kier alpha value is -1.36. The Bertz CT molecular complexity index is 370. The third kappa shape index (κ3) is 5.03. The summed E-state index contributed by atoms with van der Waals surface area (Å²) in [5, 5.41) is 0. The van der Waals surface area contributed by atoms with Gasteiger partial charge in [0, 0.05) is 0 Å². The number of rotatable bonds is 9. The largest absolute Gasteiger partial charge is 0.474 e. The Labute approximate surface area is 115 Å². The smallest absolute Gasteiger partial charge is 0.222 e. The molecule has 108 valence electrons. The summed E-state index contributed by atoms with van der Waals surface area (Å²) in [4.78, 5) is 8.31. The van der Waals surface area contributed by atoms with Crippen molar-refractivity contribution < 1.29 is 4.74 Å². The van der Waals surface area contributed by atoms with Crippen LogP contribution in [0.4, 0.5) is 5.82 Å². The highest BCUT2D eigenvalue weighted by Gasteiger charge is 2.13. The molecule has 0 aliphatic rings. The molecular weight excluding hydrogens is 240 g/mol. The van der Waals surface area contributed by atoms with E-state index in [2.05, 4.69) is 29.2 Å². The predicted octanol–water partition coefficient (Wildman–Crippen LogP) is 3.06. The van der Waals surface area contributed by atoms with Crippen molar-refractivity contribution in [2.45, 2.75) is 65.4 Å². The van der Waals surface area contributed by atoms with Crippen LogP contribution in [0.25, 0.3) is 0 Å². The van der Waals surface area contributed by atoms with Crippen LogP contribution in [-0.4, -0.2) is 16.1 Å². The van der Waals surface area contributed by atoms with Gasteiger partial charge in [0.05, 0.1) is 11.7 Å². The molecule has 1 heterocycles. The van der Waals surface area contributed by atoms with E-state index >= 15 is 0 Å². The molecule has 0 saturated heterocycles. The van der Waals surface area contributed by atoms with Gasteiger partial charge in [-0.05, 0) is 26.2 Å². The van der Waals surface area contributed by atoms with Gasteiger partial charge in [-0.15, -0.1) is 0 Å². The number of hydrogen-bond acceptors (Lipinski definition) is 5. The first-order valence-electron chi connectivity index (χ1n) is 7.20. The van der Waals surface area contributed by atoms with Crippen molar-refractivity contribution in [3.8, 4) is 5.88 Å². The van der Waals surface area contributed by atoms with Crippen LogP contribution >= 0.6 is 0 Å². The maximum Gasteiger partial charge on any atom is 0.222 e. The van der Waals surface area contributed by atoms with E-state index in [1.807, 2.05) is 6.92 Å². The Morgan fingerprint density at radius 1 is 1.26 bits per heavy atom. The summed E-state index contributed by atoms with van der Waals surface area (Å²) < 4.78 is 5.91. The summed E-state index contributed by atoms with van der Waals surface area (Å²) in [6.45, 7) is 6.34. The highest BCUT2D eigenvalue weighted by atomic mass is 16.5. The standard InChI is InChI=1S/C14H26N4O/c1-4-6-7-8-9-11(3)19-14-12(5-2)13(18-15)16-10-17-14/h10-11H,4-9,15H2,1-3H3,(H,16,17,18). The normalized spacial score (nSPS) is 12.2. The van der Waals surface area contributed by atoms with Crippen LogP contribution in [0.2, 0.25) is 0 Å². The third-order valence-electron chi connectivity index (χ3n) is 3.17. The summed E-state index contributed by atoms with van der Waals surface area (Å²) in [6, 6.07) is 0. The Kier molecular flexibility index (Phi) is 7.18. The number of nitrogens with zero attached hydrogens (tertiary/aromatic N) is 2. The van der Waals surface area contributed by atoms with E-state index in [-0.39, 0.29) is 6.10 Å². The lowest BCUT2D eigenvalue weighted by Crippen LogP contribution is -2.17. The van der Waals surface area contributed by atoms with Crippen molar-refractivity contribution >= 4 is 5.82 Å². The van der Waals surface area contributed by atoms with E-state index in [1.165, 1.54) is 32.0 Å². The number of aromatic nitrogens is 2. The number of nitrogens with two attached hydrogens (primary N) is 1. The number of anilines is 1. The predicted molar refractivity (Wildman–Crippen MR) is 78.1 cm³/mol. The van der Waals surface area contributed by atoms with E-state index in [4.69, 9.17) is 10.6 Å². The van der Waals surface area contributed by atoms with Crippen molar-refractivity contribution in [3.63, 3.8) is 0 Å². The molecule has 0 saturated carbocycles. The van der Waals surface area contributed by atoms with Gasteiger partial charge in [0.1, 0.15) is 12.1 Å². The monoisotopic (exact) mass is 266 g/mol. The van der Waals surface area contributed by atoms with Crippen LogP contribution in [0.1, 0.15) is 58.4 Å². The average molecular weight is 266 g/mol. The van der Waals surface area contributed by atoms with Crippen molar-refractivity contribution in [1.82, 2.24) is 9.97 Å². The Morgan fingerprint density at radius 2 is 2.05 bits per heavy atom. The molecule has 19 heavy (non-hydrogen) atoms. The quantitative estimate of drug-likeness (QED) is 0.408. The van der Waals surface area contributed by atoms with Crippen LogP contribution in [0.5, 0.6) is 5.88 Å². The maximum atomic E-state index is 5.91. The highest BCUT2D eigenvalue weighted by Crippen LogP contribution is 2.23. The van der Waals surface area contributed by atoms with Gasteiger partial charge in [-0.1, -0.05) is 33.1 Å². The number of hydrazine groups is 1. The van der Waals surface area contributed by atoms with Crippen molar-refractivity contribution in [1.29, 1.82) is 0 Å². The molecule has 5 nitrogen and oxygen atoms in total. The van der Waals surface area contributed by atoms with Crippen LogP contribution in [-0.2, 0) is 6.42 Å². The molecule has 0 aliphatic carbocycles. The van der Waals surface area contributed by atoms with Gasteiger partial charge in [-0.3, -0.25) is 0 Å². The van der Waals surface area contributed by atoms with Crippen LogP contribution in [0, 0.1) is 0 Å². The molecule has 1 atom stereocenters. The van der Waals surface area contributed by atoms with Gasteiger partial charge in [0.2, 0.25) is 5.88 Å². The Morgan fingerprint density at radius 3 is 2.68 bits per heavy atom. The van der Waals surface area contributed by atoms with Gasteiger partial charge < -0.3 is 10.2 Å². The number of hydrogen-bond donors (Lipinski definition) is 2. The van der Waals surface area contributed by atoms with E-state index < -0.39 is 0 Å².